The van der Waals surface area contributed by atoms with Crippen LogP contribution in [0.5, 0.6) is 5.75 Å². The Morgan fingerprint density at radius 3 is 2.48 bits per heavy atom. The molecule has 0 aromatic heterocycles. The molecule has 4 amide bonds. The van der Waals surface area contributed by atoms with Crippen molar-refractivity contribution in [3.05, 3.63) is 64.7 Å². The minimum Gasteiger partial charge on any atom is -0.497 e. The Hall–Kier alpha value is -3.06. The molecule has 2 N–H and O–H groups in total. The second-order valence-corrected chi connectivity index (χ2v) is 9.05. The van der Waals surface area contributed by atoms with Crippen LogP contribution in [0.25, 0.3) is 0 Å². The zero-order valence-corrected chi connectivity index (χ0v) is 19.3. The zero-order chi connectivity index (χ0) is 23.4. The number of fused-ring (bicyclic) bond motifs is 1. The van der Waals surface area contributed by atoms with Gasteiger partial charge in [-0.25, -0.2) is 4.79 Å². The summed E-state index contributed by atoms with van der Waals surface area (Å²) in [6.07, 6.45) is 2.41. The van der Waals surface area contributed by atoms with Crippen molar-refractivity contribution < 1.29 is 19.1 Å². The molecule has 0 bridgehead atoms. The number of urea groups is 1. The number of benzene rings is 2. The molecule has 174 valence electrons. The summed E-state index contributed by atoms with van der Waals surface area (Å²) in [6, 6.07) is 14.2. The molecule has 2 aromatic rings. The van der Waals surface area contributed by atoms with Crippen LogP contribution in [0.15, 0.2) is 48.5 Å². The minimum atomic E-state index is -0.402. The van der Waals surface area contributed by atoms with E-state index in [0.29, 0.717) is 30.8 Å². The van der Waals surface area contributed by atoms with Gasteiger partial charge in [0.25, 0.3) is 0 Å². The smallest absolute Gasteiger partial charge is 0.324 e. The molecule has 1 aliphatic carbocycles. The molecule has 8 heteroatoms. The highest BCUT2D eigenvalue weighted by Gasteiger charge is 2.45. The SMILES string of the molecule is COc1ccc(CN2C(=O)NC3CC(C(=O)NCCc4ccc(Cl)cc4)CCC3C2=O)cc1. The first-order valence-corrected chi connectivity index (χ1v) is 11.6. The fourth-order valence-electron chi connectivity index (χ4n) is 4.59. The average Bonchev–Trinajstić information content (AvgIpc) is 2.83. The van der Waals surface area contributed by atoms with E-state index in [1.807, 2.05) is 36.4 Å². The molecular weight excluding hydrogens is 442 g/mol. The maximum Gasteiger partial charge on any atom is 0.324 e. The summed E-state index contributed by atoms with van der Waals surface area (Å²) >= 11 is 5.90. The molecule has 33 heavy (non-hydrogen) atoms. The van der Waals surface area contributed by atoms with Crippen LogP contribution in [0.4, 0.5) is 4.79 Å². The normalized spacial score (nSPS) is 22.4. The molecule has 3 unspecified atom stereocenters. The van der Waals surface area contributed by atoms with Gasteiger partial charge in [-0.1, -0.05) is 35.9 Å². The predicted octanol–water partition coefficient (Wildman–Crippen LogP) is 3.54. The number of nitrogens with one attached hydrogen (secondary N) is 2. The Balaban J connectivity index is 1.29. The van der Waals surface area contributed by atoms with Gasteiger partial charge < -0.3 is 15.4 Å². The summed E-state index contributed by atoms with van der Waals surface area (Å²) in [6.45, 7) is 0.748. The largest absolute Gasteiger partial charge is 0.497 e. The number of hydrogen-bond acceptors (Lipinski definition) is 4. The lowest BCUT2D eigenvalue weighted by Crippen LogP contribution is -2.61. The van der Waals surface area contributed by atoms with Gasteiger partial charge in [0, 0.05) is 23.5 Å². The Bertz CT molecular complexity index is 1010. The van der Waals surface area contributed by atoms with Crippen molar-refractivity contribution in [2.45, 2.75) is 38.3 Å². The van der Waals surface area contributed by atoms with E-state index in [2.05, 4.69) is 10.6 Å². The fourth-order valence-corrected chi connectivity index (χ4v) is 4.72. The van der Waals surface area contributed by atoms with Crippen molar-refractivity contribution in [1.82, 2.24) is 15.5 Å². The van der Waals surface area contributed by atoms with E-state index in [-0.39, 0.29) is 36.2 Å². The third-order valence-corrected chi connectivity index (χ3v) is 6.74. The highest BCUT2D eigenvalue weighted by Crippen LogP contribution is 2.33. The van der Waals surface area contributed by atoms with Gasteiger partial charge in [-0.05, 0) is 61.1 Å². The molecule has 1 aliphatic heterocycles. The molecule has 2 aromatic carbocycles. The van der Waals surface area contributed by atoms with E-state index >= 15 is 0 Å². The molecule has 4 rings (SSSR count). The lowest BCUT2D eigenvalue weighted by molar-refractivity contribution is -0.139. The average molecular weight is 470 g/mol. The number of rotatable bonds is 7. The van der Waals surface area contributed by atoms with E-state index < -0.39 is 6.03 Å². The van der Waals surface area contributed by atoms with Gasteiger partial charge in [0.2, 0.25) is 11.8 Å². The first-order chi connectivity index (χ1) is 15.9. The Kier molecular flexibility index (Phi) is 7.18. The van der Waals surface area contributed by atoms with Crippen LogP contribution in [-0.2, 0) is 22.6 Å². The van der Waals surface area contributed by atoms with Crippen molar-refractivity contribution in [1.29, 1.82) is 0 Å². The summed E-state index contributed by atoms with van der Waals surface area (Å²) in [5.41, 5.74) is 1.96. The van der Waals surface area contributed by atoms with Crippen LogP contribution in [0, 0.1) is 11.8 Å². The van der Waals surface area contributed by atoms with Crippen LogP contribution in [0.3, 0.4) is 0 Å². The number of amides is 4. The number of hydrogen-bond donors (Lipinski definition) is 2. The second kappa shape index (κ2) is 10.3. The highest BCUT2D eigenvalue weighted by atomic mass is 35.5. The highest BCUT2D eigenvalue weighted by molar-refractivity contribution is 6.30. The number of imide groups is 1. The molecule has 7 nitrogen and oxygen atoms in total. The Labute approximate surface area is 198 Å². The molecular formula is C25H28ClN3O4. The van der Waals surface area contributed by atoms with Gasteiger partial charge in [0.15, 0.2) is 0 Å². The Morgan fingerprint density at radius 1 is 1.09 bits per heavy atom. The number of methoxy groups -OCH3 is 1. The maximum atomic E-state index is 13.1. The zero-order valence-electron chi connectivity index (χ0n) is 18.6. The van der Waals surface area contributed by atoms with E-state index in [4.69, 9.17) is 16.3 Å². The molecule has 3 atom stereocenters. The van der Waals surface area contributed by atoms with Crippen molar-refractivity contribution in [2.24, 2.45) is 11.8 Å². The van der Waals surface area contributed by atoms with E-state index in [0.717, 1.165) is 23.3 Å². The molecule has 1 saturated carbocycles. The third-order valence-electron chi connectivity index (χ3n) is 6.48. The van der Waals surface area contributed by atoms with Crippen molar-refractivity contribution >= 4 is 29.4 Å². The third kappa shape index (κ3) is 5.47. The summed E-state index contributed by atoms with van der Waals surface area (Å²) in [7, 11) is 1.59. The summed E-state index contributed by atoms with van der Waals surface area (Å²) in [4.78, 5) is 39.7. The van der Waals surface area contributed by atoms with Gasteiger partial charge in [-0.3, -0.25) is 14.5 Å². The monoisotopic (exact) mass is 469 g/mol. The van der Waals surface area contributed by atoms with Crippen LogP contribution >= 0.6 is 11.6 Å². The molecule has 2 aliphatic rings. The van der Waals surface area contributed by atoms with Crippen molar-refractivity contribution in [2.75, 3.05) is 13.7 Å². The molecule has 1 heterocycles. The summed E-state index contributed by atoms with van der Waals surface area (Å²) in [5, 5.41) is 6.64. The number of carbonyl (C=O) groups excluding carboxylic acids is 3. The topological polar surface area (TPSA) is 87.7 Å². The van der Waals surface area contributed by atoms with Gasteiger partial charge >= 0.3 is 6.03 Å². The molecule has 2 fully saturated rings. The van der Waals surface area contributed by atoms with E-state index in [1.54, 1.807) is 19.2 Å². The van der Waals surface area contributed by atoms with Gasteiger partial charge in [-0.2, -0.15) is 0 Å². The van der Waals surface area contributed by atoms with E-state index in [9.17, 15) is 14.4 Å². The number of carbonyl (C=O) groups is 3. The summed E-state index contributed by atoms with van der Waals surface area (Å²) in [5.74, 6) is 0.0284. The molecule has 1 saturated heterocycles. The first kappa shape index (κ1) is 23.1. The second-order valence-electron chi connectivity index (χ2n) is 8.61. The van der Waals surface area contributed by atoms with Crippen molar-refractivity contribution in [3.8, 4) is 5.75 Å². The van der Waals surface area contributed by atoms with Crippen LogP contribution in [-0.4, -0.2) is 42.4 Å². The summed E-state index contributed by atoms with van der Waals surface area (Å²) < 4.78 is 5.16. The quantitative estimate of drug-likeness (QED) is 0.649. The predicted molar refractivity (Wildman–Crippen MR) is 125 cm³/mol. The van der Waals surface area contributed by atoms with Gasteiger partial charge in [0.1, 0.15) is 5.75 Å². The fraction of sp³-hybridized carbons (Fsp3) is 0.400. The van der Waals surface area contributed by atoms with Gasteiger partial charge in [-0.15, -0.1) is 0 Å². The molecule has 0 radical (unpaired) electrons. The minimum absolute atomic E-state index is 0.0234. The van der Waals surface area contributed by atoms with Crippen LogP contribution in [0.1, 0.15) is 30.4 Å². The lowest BCUT2D eigenvalue weighted by Gasteiger charge is -2.42. The number of ether oxygens (including phenoxy) is 1. The standard InChI is InChI=1S/C25H28ClN3O4/c1-33-20-9-4-17(5-10-20)15-29-24(31)21-11-6-18(14-22(21)28-25(29)32)23(30)27-13-12-16-2-7-19(26)8-3-16/h2-5,7-10,18,21-22H,6,11-15H2,1H3,(H,27,30)(H,28,32). The van der Waals surface area contributed by atoms with Crippen LogP contribution in [0.2, 0.25) is 5.02 Å². The molecule has 0 spiro atoms. The lowest BCUT2D eigenvalue weighted by atomic mass is 9.76. The number of nitrogens with zero attached hydrogens (tertiary/aromatic N) is 1. The first-order valence-electron chi connectivity index (χ1n) is 11.2. The van der Waals surface area contributed by atoms with E-state index in [1.165, 1.54) is 4.90 Å². The maximum absolute atomic E-state index is 13.1. The Morgan fingerprint density at radius 2 is 1.79 bits per heavy atom. The van der Waals surface area contributed by atoms with Crippen molar-refractivity contribution in [3.63, 3.8) is 0 Å². The van der Waals surface area contributed by atoms with Crippen LogP contribution < -0.4 is 15.4 Å². The van der Waals surface area contributed by atoms with Gasteiger partial charge in [0.05, 0.1) is 19.6 Å². The number of halogens is 1.